The van der Waals surface area contributed by atoms with Crippen LogP contribution in [0.15, 0.2) is 36.4 Å². The molecule has 1 aromatic carbocycles. The molecule has 5 heteroatoms. The fraction of sp³-hybridized carbons (Fsp3) is 0.235. The van der Waals surface area contributed by atoms with Gasteiger partial charge in [-0.15, -0.1) is 0 Å². The van der Waals surface area contributed by atoms with Crippen molar-refractivity contribution in [3.8, 4) is 5.88 Å². The van der Waals surface area contributed by atoms with Crippen molar-refractivity contribution < 1.29 is 14.3 Å². The van der Waals surface area contributed by atoms with Crippen LogP contribution in [0.1, 0.15) is 32.0 Å². The Balaban J connectivity index is 1.64. The molecular weight excluding hydrogens is 280 g/mol. The number of carbonyl (C=O) groups is 2. The standard InChI is InChI=1S/C17H16N2O3/c1-11-7-8-15(18-12(11)2)22-10-9-19-16(20)13-5-3-4-6-14(13)17(19)21/h3-8H,9-10H2,1-2H3. The van der Waals surface area contributed by atoms with Gasteiger partial charge in [0.2, 0.25) is 5.88 Å². The third kappa shape index (κ3) is 2.45. The fourth-order valence-electron chi connectivity index (χ4n) is 2.37. The van der Waals surface area contributed by atoms with Gasteiger partial charge in [-0.3, -0.25) is 14.5 Å². The van der Waals surface area contributed by atoms with Gasteiger partial charge in [-0.1, -0.05) is 18.2 Å². The summed E-state index contributed by atoms with van der Waals surface area (Å²) in [5, 5.41) is 0. The number of benzene rings is 1. The Kier molecular flexibility index (Phi) is 3.63. The molecule has 5 nitrogen and oxygen atoms in total. The van der Waals surface area contributed by atoms with Crippen molar-refractivity contribution in [2.45, 2.75) is 13.8 Å². The lowest BCUT2D eigenvalue weighted by Crippen LogP contribution is -2.33. The maximum atomic E-state index is 12.2. The van der Waals surface area contributed by atoms with Crippen LogP contribution in [0, 0.1) is 13.8 Å². The van der Waals surface area contributed by atoms with E-state index in [1.54, 1.807) is 30.3 Å². The van der Waals surface area contributed by atoms with Crippen molar-refractivity contribution in [3.05, 3.63) is 58.8 Å². The number of pyridine rings is 1. The Hall–Kier alpha value is -2.69. The second-order valence-electron chi connectivity index (χ2n) is 5.21. The largest absolute Gasteiger partial charge is 0.476 e. The summed E-state index contributed by atoms with van der Waals surface area (Å²) in [4.78, 5) is 29.9. The van der Waals surface area contributed by atoms with Crippen LogP contribution in [0.4, 0.5) is 0 Å². The lowest BCUT2D eigenvalue weighted by Gasteiger charge is -2.14. The molecule has 2 aromatic rings. The topological polar surface area (TPSA) is 59.5 Å². The van der Waals surface area contributed by atoms with Gasteiger partial charge < -0.3 is 4.74 Å². The van der Waals surface area contributed by atoms with Crippen LogP contribution in [0.25, 0.3) is 0 Å². The van der Waals surface area contributed by atoms with E-state index in [-0.39, 0.29) is 25.0 Å². The van der Waals surface area contributed by atoms with Crippen molar-refractivity contribution in [2.24, 2.45) is 0 Å². The van der Waals surface area contributed by atoms with Gasteiger partial charge in [0.1, 0.15) is 6.61 Å². The maximum Gasteiger partial charge on any atom is 0.261 e. The van der Waals surface area contributed by atoms with Crippen LogP contribution < -0.4 is 4.74 Å². The molecule has 2 heterocycles. The summed E-state index contributed by atoms with van der Waals surface area (Å²) in [6.45, 7) is 4.32. The molecule has 3 rings (SSSR count). The molecule has 0 unspecified atom stereocenters. The zero-order chi connectivity index (χ0) is 15.7. The van der Waals surface area contributed by atoms with Crippen molar-refractivity contribution in [2.75, 3.05) is 13.2 Å². The number of ether oxygens (including phenoxy) is 1. The minimum Gasteiger partial charge on any atom is -0.476 e. The summed E-state index contributed by atoms with van der Waals surface area (Å²) in [6.07, 6.45) is 0. The Morgan fingerprint density at radius 3 is 2.23 bits per heavy atom. The molecule has 0 spiro atoms. The first-order valence-electron chi connectivity index (χ1n) is 7.10. The van der Waals surface area contributed by atoms with E-state index in [9.17, 15) is 9.59 Å². The van der Waals surface area contributed by atoms with Gasteiger partial charge in [0, 0.05) is 11.8 Å². The Morgan fingerprint density at radius 2 is 1.64 bits per heavy atom. The normalized spacial score (nSPS) is 13.5. The Morgan fingerprint density at radius 1 is 1.00 bits per heavy atom. The molecule has 0 bridgehead atoms. The van der Waals surface area contributed by atoms with Crippen molar-refractivity contribution in [1.29, 1.82) is 0 Å². The van der Waals surface area contributed by atoms with E-state index in [1.165, 1.54) is 4.90 Å². The monoisotopic (exact) mass is 296 g/mol. The number of amides is 2. The number of imide groups is 1. The summed E-state index contributed by atoms with van der Waals surface area (Å²) < 4.78 is 5.54. The quantitative estimate of drug-likeness (QED) is 0.813. The van der Waals surface area contributed by atoms with Gasteiger partial charge in [0.15, 0.2) is 0 Å². The number of nitrogens with zero attached hydrogens (tertiary/aromatic N) is 2. The van der Waals surface area contributed by atoms with Crippen molar-refractivity contribution in [3.63, 3.8) is 0 Å². The van der Waals surface area contributed by atoms with Crippen LogP contribution in [0.5, 0.6) is 5.88 Å². The van der Waals surface area contributed by atoms with E-state index in [2.05, 4.69) is 4.98 Å². The van der Waals surface area contributed by atoms with E-state index >= 15 is 0 Å². The molecule has 0 atom stereocenters. The molecule has 112 valence electrons. The van der Waals surface area contributed by atoms with Crippen LogP contribution in [-0.4, -0.2) is 34.8 Å². The van der Waals surface area contributed by atoms with Gasteiger partial charge in [0.05, 0.1) is 17.7 Å². The molecule has 0 radical (unpaired) electrons. The first-order valence-corrected chi connectivity index (χ1v) is 7.10. The molecule has 0 aliphatic carbocycles. The molecule has 0 fully saturated rings. The second kappa shape index (κ2) is 5.60. The third-order valence-corrected chi connectivity index (χ3v) is 3.77. The second-order valence-corrected chi connectivity index (χ2v) is 5.21. The summed E-state index contributed by atoms with van der Waals surface area (Å²) in [7, 11) is 0. The number of aryl methyl sites for hydroxylation is 2. The van der Waals surface area contributed by atoms with E-state index < -0.39 is 0 Å². The fourth-order valence-corrected chi connectivity index (χ4v) is 2.37. The van der Waals surface area contributed by atoms with Crippen LogP contribution >= 0.6 is 0 Å². The first-order chi connectivity index (χ1) is 10.6. The van der Waals surface area contributed by atoms with E-state index in [1.807, 2.05) is 19.9 Å². The highest BCUT2D eigenvalue weighted by atomic mass is 16.5. The molecule has 0 saturated carbocycles. The van der Waals surface area contributed by atoms with E-state index in [0.717, 1.165) is 11.3 Å². The minimum absolute atomic E-state index is 0.209. The predicted molar refractivity (Wildman–Crippen MR) is 81.0 cm³/mol. The van der Waals surface area contributed by atoms with Crippen LogP contribution in [0.3, 0.4) is 0 Å². The van der Waals surface area contributed by atoms with Crippen molar-refractivity contribution in [1.82, 2.24) is 9.88 Å². The molecule has 0 N–H and O–H groups in total. The molecule has 0 saturated heterocycles. The average Bonchev–Trinajstić information content (AvgIpc) is 2.76. The van der Waals surface area contributed by atoms with Gasteiger partial charge in [0.25, 0.3) is 11.8 Å². The SMILES string of the molecule is Cc1ccc(OCCN2C(=O)c3ccccc3C2=O)nc1C. The predicted octanol–water partition coefficient (Wildman–Crippen LogP) is 2.37. The highest BCUT2D eigenvalue weighted by Crippen LogP contribution is 2.22. The summed E-state index contributed by atoms with van der Waals surface area (Å²) in [6, 6.07) is 10.6. The van der Waals surface area contributed by atoms with Gasteiger partial charge in [-0.25, -0.2) is 4.98 Å². The average molecular weight is 296 g/mol. The number of hydrogen-bond acceptors (Lipinski definition) is 4. The summed E-state index contributed by atoms with van der Waals surface area (Å²) >= 11 is 0. The smallest absolute Gasteiger partial charge is 0.261 e. The number of hydrogen-bond donors (Lipinski definition) is 0. The summed E-state index contributed by atoms with van der Waals surface area (Å²) in [5.74, 6) is -0.0331. The Labute approximate surface area is 128 Å². The lowest BCUT2D eigenvalue weighted by molar-refractivity contribution is 0.0630. The zero-order valence-electron chi connectivity index (χ0n) is 12.5. The number of aromatic nitrogens is 1. The minimum atomic E-state index is -0.266. The summed E-state index contributed by atoms with van der Waals surface area (Å²) in [5.41, 5.74) is 2.90. The van der Waals surface area contributed by atoms with Crippen LogP contribution in [-0.2, 0) is 0 Å². The third-order valence-electron chi connectivity index (χ3n) is 3.77. The number of rotatable bonds is 4. The number of fused-ring (bicyclic) bond motifs is 1. The molecule has 22 heavy (non-hydrogen) atoms. The van der Waals surface area contributed by atoms with Gasteiger partial charge in [-0.2, -0.15) is 0 Å². The maximum absolute atomic E-state index is 12.2. The molecule has 2 amide bonds. The molecule has 1 aliphatic rings. The number of carbonyl (C=O) groups excluding carboxylic acids is 2. The van der Waals surface area contributed by atoms with E-state index in [0.29, 0.717) is 17.0 Å². The van der Waals surface area contributed by atoms with Crippen molar-refractivity contribution >= 4 is 11.8 Å². The first kappa shape index (κ1) is 14.3. The van der Waals surface area contributed by atoms with Gasteiger partial charge >= 0.3 is 0 Å². The van der Waals surface area contributed by atoms with Crippen LogP contribution in [0.2, 0.25) is 0 Å². The highest BCUT2D eigenvalue weighted by Gasteiger charge is 2.34. The highest BCUT2D eigenvalue weighted by molar-refractivity contribution is 6.21. The van der Waals surface area contributed by atoms with E-state index in [4.69, 9.17) is 4.74 Å². The molecule has 1 aromatic heterocycles. The molecule has 1 aliphatic heterocycles. The Bertz CT molecular complexity index is 720. The van der Waals surface area contributed by atoms with Gasteiger partial charge in [-0.05, 0) is 31.5 Å². The lowest BCUT2D eigenvalue weighted by atomic mass is 10.1. The zero-order valence-corrected chi connectivity index (χ0v) is 12.5. The molecular formula is C17H16N2O3.